The van der Waals surface area contributed by atoms with Crippen LogP contribution in [0.5, 0.6) is 0 Å². The van der Waals surface area contributed by atoms with Crippen molar-refractivity contribution in [3.05, 3.63) is 36.9 Å². The Labute approximate surface area is 94.6 Å². The van der Waals surface area contributed by atoms with E-state index in [1.54, 1.807) is 19.1 Å². The van der Waals surface area contributed by atoms with E-state index in [1.165, 1.54) is 6.92 Å². The summed E-state index contributed by atoms with van der Waals surface area (Å²) in [5.41, 5.74) is 0.879. The first kappa shape index (κ1) is 11.1. The smallest absolute Gasteiger partial charge is 0.286 e. The van der Waals surface area contributed by atoms with Gasteiger partial charge in [0, 0.05) is 11.1 Å². The highest BCUT2D eigenvalue weighted by molar-refractivity contribution is 14.1. The molecule has 0 atom stereocenters. The topological polar surface area (TPSA) is 60.2 Å². The van der Waals surface area contributed by atoms with Gasteiger partial charge in [0.25, 0.3) is 5.69 Å². The van der Waals surface area contributed by atoms with Crippen molar-refractivity contribution in [3.63, 3.8) is 0 Å². The van der Waals surface area contributed by atoms with Crippen LogP contribution in [0.3, 0.4) is 0 Å². The minimum absolute atomic E-state index is 0.0262. The molecular formula is C9H8INO3. The average Bonchev–Trinajstić information content (AvgIpc) is 2.02. The molecule has 0 bridgehead atoms. The van der Waals surface area contributed by atoms with Crippen LogP contribution in [0, 0.1) is 20.6 Å². The van der Waals surface area contributed by atoms with Gasteiger partial charge in [-0.25, -0.2) is 0 Å². The van der Waals surface area contributed by atoms with E-state index in [-0.39, 0.29) is 11.5 Å². The number of ketones is 1. The predicted molar refractivity (Wildman–Crippen MR) is 60.6 cm³/mol. The fraction of sp³-hybridized carbons (Fsp3) is 0.222. The lowest BCUT2D eigenvalue weighted by Gasteiger charge is -2.03. The number of carbonyl (C=O) groups is 1. The lowest BCUT2D eigenvalue weighted by atomic mass is 10.0. The number of halogens is 1. The van der Waals surface area contributed by atoms with Gasteiger partial charge < -0.3 is 0 Å². The molecule has 1 aromatic rings. The molecule has 0 heterocycles. The molecule has 0 N–H and O–H groups in total. The van der Waals surface area contributed by atoms with Crippen molar-refractivity contribution >= 4 is 34.1 Å². The largest absolute Gasteiger partial charge is 0.294 e. The summed E-state index contributed by atoms with van der Waals surface area (Å²) in [5.74, 6) is -0.151. The number of nitro benzene ring substituents is 1. The number of hydrogen-bond donors (Lipinski definition) is 0. The molecule has 4 nitrogen and oxygen atoms in total. The van der Waals surface area contributed by atoms with E-state index in [4.69, 9.17) is 0 Å². The fourth-order valence-corrected chi connectivity index (χ4v) is 2.05. The van der Waals surface area contributed by atoms with Crippen LogP contribution >= 0.6 is 22.6 Å². The summed E-state index contributed by atoms with van der Waals surface area (Å²) in [6.45, 7) is 3.00. The van der Waals surface area contributed by atoms with Crippen molar-refractivity contribution in [3.8, 4) is 0 Å². The zero-order chi connectivity index (χ0) is 10.9. The molecule has 74 valence electrons. The quantitative estimate of drug-likeness (QED) is 0.365. The third-order valence-corrected chi connectivity index (χ3v) is 2.81. The molecule has 0 unspecified atom stereocenters. The van der Waals surface area contributed by atoms with Gasteiger partial charge in [-0.05, 0) is 48.6 Å². The Kier molecular flexibility index (Phi) is 3.20. The molecular weight excluding hydrogens is 297 g/mol. The van der Waals surface area contributed by atoms with Crippen molar-refractivity contribution in [1.29, 1.82) is 0 Å². The number of nitro groups is 1. The molecule has 14 heavy (non-hydrogen) atoms. The van der Waals surface area contributed by atoms with E-state index in [0.717, 1.165) is 0 Å². The van der Waals surface area contributed by atoms with Crippen molar-refractivity contribution in [1.82, 2.24) is 0 Å². The first-order chi connectivity index (χ1) is 6.45. The lowest BCUT2D eigenvalue weighted by molar-refractivity contribution is -0.386. The summed E-state index contributed by atoms with van der Waals surface area (Å²) in [6.07, 6.45) is 0. The molecule has 0 radical (unpaired) electrons. The molecule has 0 aromatic heterocycles. The molecule has 0 saturated heterocycles. The highest BCUT2D eigenvalue weighted by atomic mass is 127. The number of nitrogens with zero attached hydrogens (tertiary/aromatic N) is 1. The molecule has 0 aliphatic heterocycles. The summed E-state index contributed by atoms with van der Waals surface area (Å²) in [5, 5.41) is 10.7. The standard InChI is InChI=1S/C9H8INO3/c1-5-7(6(2)12)3-4-8(10)9(5)11(13)14/h3-4H,1-2H3. The third-order valence-electron chi connectivity index (χ3n) is 1.94. The highest BCUT2D eigenvalue weighted by Gasteiger charge is 2.19. The Balaban J connectivity index is 3.49. The molecule has 5 heteroatoms. The van der Waals surface area contributed by atoms with Crippen molar-refractivity contribution < 1.29 is 9.72 Å². The van der Waals surface area contributed by atoms with Crippen LogP contribution in [-0.2, 0) is 0 Å². The van der Waals surface area contributed by atoms with Gasteiger partial charge in [0.15, 0.2) is 5.78 Å². The Morgan fingerprint density at radius 3 is 2.50 bits per heavy atom. The van der Waals surface area contributed by atoms with Crippen LogP contribution < -0.4 is 0 Å². The van der Waals surface area contributed by atoms with E-state index in [1.807, 2.05) is 22.6 Å². The van der Waals surface area contributed by atoms with Crippen LogP contribution in [0.1, 0.15) is 22.8 Å². The van der Waals surface area contributed by atoms with Crippen molar-refractivity contribution in [2.24, 2.45) is 0 Å². The van der Waals surface area contributed by atoms with Gasteiger partial charge in [-0.15, -0.1) is 0 Å². The minimum atomic E-state index is -0.455. The predicted octanol–water partition coefficient (Wildman–Crippen LogP) is 2.71. The molecule has 0 aliphatic rings. The fourth-order valence-electron chi connectivity index (χ4n) is 1.27. The average molecular weight is 305 g/mol. The lowest BCUT2D eigenvalue weighted by Crippen LogP contribution is -2.02. The summed E-state index contributed by atoms with van der Waals surface area (Å²) >= 11 is 1.89. The van der Waals surface area contributed by atoms with Gasteiger partial charge in [0.05, 0.1) is 8.49 Å². The zero-order valence-electron chi connectivity index (χ0n) is 7.70. The first-order valence-electron chi connectivity index (χ1n) is 3.89. The van der Waals surface area contributed by atoms with Crippen LogP contribution in [-0.4, -0.2) is 10.7 Å². The van der Waals surface area contributed by atoms with E-state index >= 15 is 0 Å². The zero-order valence-corrected chi connectivity index (χ0v) is 9.86. The van der Waals surface area contributed by atoms with Gasteiger partial charge in [-0.3, -0.25) is 14.9 Å². The monoisotopic (exact) mass is 305 g/mol. The Morgan fingerprint density at radius 2 is 2.07 bits per heavy atom. The number of carbonyl (C=O) groups excluding carboxylic acids is 1. The second-order valence-electron chi connectivity index (χ2n) is 2.88. The van der Waals surface area contributed by atoms with E-state index < -0.39 is 4.92 Å². The van der Waals surface area contributed by atoms with Crippen molar-refractivity contribution in [2.45, 2.75) is 13.8 Å². The maximum Gasteiger partial charge on any atom is 0.286 e. The number of hydrogen-bond acceptors (Lipinski definition) is 3. The Bertz CT molecular complexity index is 415. The Hall–Kier alpha value is -0.980. The minimum Gasteiger partial charge on any atom is -0.294 e. The normalized spacial score (nSPS) is 9.93. The van der Waals surface area contributed by atoms with E-state index in [9.17, 15) is 14.9 Å². The maximum atomic E-state index is 11.1. The molecule has 0 saturated carbocycles. The second-order valence-corrected chi connectivity index (χ2v) is 4.04. The highest BCUT2D eigenvalue weighted by Crippen LogP contribution is 2.27. The molecule has 0 aliphatic carbocycles. The molecule has 1 rings (SSSR count). The first-order valence-corrected chi connectivity index (χ1v) is 4.97. The van der Waals surface area contributed by atoms with Gasteiger partial charge in [0.1, 0.15) is 0 Å². The molecule has 0 fully saturated rings. The van der Waals surface area contributed by atoms with Gasteiger partial charge >= 0.3 is 0 Å². The van der Waals surface area contributed by atoms with Crippen LogP contribution in [0.15, 0.2) is 12.1 Å². The summed E-state index contributed by atoms with van der Waals surface area (Å²) in [4.78, 5) is 21.4. The third kappa shape index (κ3) is 1.92. The number of benzene rings is 1. The second kappa shape index (κ2) is 4.04. The van der Waals surface area contributed by atoms with Gasteiger partial charge in [0.2, 0.25) is 0 Å². The van der Waals surface area contributed by atoms with Crippen molar-refractivity contribution in [2.75, 3.05) is 0 Å². The summed E-state index contributed by atoms with van der Waals surface area (Å²) < 4.78 is 0.551. The van der Waals surface area contributed by atoms with Crippen LogP contribution in [0.25, 0.3) is 0 Å². The molecule has 0 amide bonds. The van der Waals surface area contributed by atoms with E-state index in [0.29, 0.717) is 14.7 Å². The molecule has 0 spiro atoms. The van der Waals surface area contributed by atoms with Gasteiger partial charge in [-0.1, -0.05) is 0 Å². The summed E-state index contributed by atoms with van der Waals surface area (Å²) in [7, 11) is 0. The Morgan fingerprint density at radius 1 is 1.50 bits per heavy atom. The maximum absolute atomic E-state index is 11.1. The number of rotatable bonds is 2. The molecule has 1 aromatic carbocycles. The van der Waals surface area contributed by atoms with Crippen LogP contribution in [0.2, 0.25) is 0 Å². The van der Waals surface area contributed by atoms with Crippen LogP contribution in [0.4, 0.5) is 5.69 Å². The number of Topliss-reactive ketones (excluding diaryl/α,β-unsaturated/α-hetero) is 1. The van der Waals surface area contributed by atoms with E-state index in [2.05, 4.69) is 0 Å². The SMILES string of the molecule is CC(=O)c1ccc(I)c([N+](=O)[O-])c1C. The van der Waals surface area contributed by atoms with Gasteiger partial charge in [-0.2, -0.15) is 0 Å². The summed E-state index contributed by atoms with van der Waals surface area (Å²) in [6, 6.07) is 3.20.